The molecule has 0 aromatic carbocycles. The second-order valence-corrected chi connectivity index (χ2v) is 3.88. The second-order valence-electron chi connectivity index (χ2n) is 3.88. The van der Waals surface area contributed by atoms with Crippen LogP contribution in [0.5, 0.6) is 11.8 Å². The molecule has 0 amide bonds. The fraction of sp³-hybridized carbons (Fsp3) is 0.636. The Bertz CT molecular complexity index is 380. The van der Waals surface area contributed by atoms with Crippen LogP contribution < -0.4 is 15.2 Å². The van der Waals surface area contributed by atoms with Crippen molar-refractivity contribution in [2.24, 2.45) is 5.73 Å². The van der Waals surface area contributed by atoms with E-state index in [0.717, 1.165) is 19.4 Å². The van der Waals surface area contributed by atoms with E-state index in [-0.39, 0.29) is 12.1 Å². The van der Waals surface area contributed by atoms with Crippen molar-refractivity contribution in [3.05, 3.63) is 11.9 Å². The summed E-state index contributed by atoms with van der Waals surface area (Å²) in [6.07, 6.45) is 3.50. The minimum Gasteiger partial charge on any atom is -0.480 e. The van der Waals surface area contributed by atoms with Gasteiger partial charge in [-0.25, -0.2) is 4.98 Å². The zero-order valence-electron chi connectivity index (χ0n) is 10.0. The average molecular weight is 239 g/mol. The molecule has 2 atom stereocenters. The molecule has 1 aliphatic rings. The summed E-state index contributed by atoms with van der Waals surface area (Å²) < 4.78 is 15.7. The molecule has 2 heterocycles. The molecular weight excluding hydrogens is 222 g/mol. The third kappa shape index (κ3) is 2.48. The van der Waals surface area contributed by atoms with Crippen LogP contribution in [0.25, 0.3) is 0 Å². The van der Waals surface area contributed by atoms with Crippen LogP contribution in [0.15, 0.2) is 6.20 Å². The summed E-state index contributed by atoms with van der Waals surface area (Å²) in [5, 5.41) is 0. The Morgan fingerprint density at radius 2 is 2.29 bits per heavy atom. The predicted octanol–water partition coefficient (Wildman–Crippen LogP) is 0.673. The Hall–Kier alpha value is -1.40. The minimum atomic E-state index is -0.314. The summed E-state index contributed by atoms with van der Waals surface area (Å²) in [4.78, 5) is 8.41. The number of methoxy groups -OCH3 is 2. The topological polar surface area (TPSA) is 79.5 Å². The third-order valence-corrected chi connectivity index (χ3v) is 2.83. The molecule has 0 saturated carbocycles. The molecule has 17 heavy (non-hydrogen) atoms. The van der Waals surface area contributed by atoms with Gasteiger partial charge < -0.3 is 19.9 Å². The maximum absolute atomic E-state index is 6.12. The molecule has 6 nitrogen and oxygen atoms in total. The van der Waals surface area contributed by atoms with Gasteiger partial charge in [0.1, 0.15) is 5.69 Å². The van der Waals surface area contributed by atoms with Crippen LogP contribution in [-0.2, 0) is 4.74 Å². The largest absolute Gasteiger partial charge is 0.480 e. The monoisotopic (exact) mass is 239 g/mol. The van der Waals surface area contributed by atoms with Crippen molar-refractivity contribution in [1.29, 1.82) is 0 Å². The second kappa shape index (κ2) is 5.29. The molecular formula is C11H17N3O3. The Kier molecular flexibility index (Phi) is 3.75. The van der Waals surface area contributed by atoms with Crippen molar-refractivity contribution in [2.45, 2.75) is 25.0 Å². The van der Waals surface area contributed by atoms with E-state index in [9.17, 15) is 0 Å². The lowest BCUT2D eigenvalue weighted by atomic mass is 10.1. The van der Waals surface area contributed by atoms with Gasteiger partial charge >= 0.3 is 0 Å². The fourth-order valence-corrected chi connectivity index (χ4v) is 1.91. The molecule has 2 N–H and O–H groups in total. The van der Waals surface area contributed by atoms with Crippen LogP contribution in [0, 0.1) is 0 Å². The molecule has 2 rings (SSSR count). The van der Waals surface area contributed by atoms with Crippen LogP contribution in [0.3, 0.4) is 0 Å². The smallest absolute Gasteiger partial charge is 0.240 e. The van der Waals surface area contributed by atoms with Crippen LogP contribution in [-0.4, -0.2) is 36.9 Å². The van der Waals surface area contributed by atoms with Crippen LogP contribution in [0.2, 0.25) is 0 Å². The zero-order chi connectivity index (χ0) is 12.3. The van der Waals surface area contributed by atoms with E-state index in [1.54, 1.807) is 0 Å². The molecule has 0 radical (unpaired) electrons. The summed E-state index contributed by atoms with van der Waals surface area (Å²) in [5.74, 6) is 0.803. The van der Waals surface area contributed by atoms with Crippen molar-refractivity contribution in [3.63, 3.8) is 0 Å². The van der Waals surface area contributed by atoms with Crippen molar-refractivity contribution in [1.82, 2.24) is 9.97 Å². The van der Waals surface area contributed by atoms with Gasteiger partial charge in [0.25, 0.3) is 0 Å². The first-order valence-corrected chi connectivity index (χ1v) is 5.58. The van der Waals surface area contributed by atoms with E-state index in [0.29, 0.717) is 17.5 Å². The number of ether oxygens (including phenoxy) is 3. The molecule has 0 aliphatic carbocycles. The number of hydrogen-bond donors (Lipinski definition) is 1. The Balaban J connectivity index is 2.23. The van der Waals surface area contributed by atoms with Crippen molar-refractivity contribution in [2.75, 3.05) is 20.8 Å². The normalized spacial score (nSPS) is 21.2. The Morgan fingerprint density at radius 1 is 1.47 bits per heavy atom. The lowest BCUT2D eigenvalue weighted by Gasteiger charge is -2.19. The van der Waals surface area contributed by atoms with Gasteiger partial charge in [0.15, 0.2) is 0 Å². The molecule has 94 valence electrons. The Morgan fingerprint density at radius 3 is 2.88 bits per heavy atom. The summed E-state index contributed by atoms with van der Waals surface area (Å²) in [7, 11) is 3.07. The fourth-order valence-electron chi connectivity index (χ4n) is 1.91. The number of hydrogen-bond acceptors (Lipinski definition) is 6. The predicted molar refractivity (Wildman–Crippen MR) is 61.0 cm³/mol. The van der Waals surface area contributed by atoms with Crippen molar-refractivity contribution in [3.8, 4) is 11.8 Å². The van der Waals surface area contributed by atoms with Gasteiger partial charge in [-0.15, -0.1) is 0 Å². The van der Waals surface area contributed by atoms with Crippen LogP contribution in [0.4, 0.5) is 0 Å². The quantitative estimate of drug-likeness (QED) is 0.832. The SMILES string of the molecule is COc1cnc(C(N)C2CCCO2)c(OC)n1. The highest BCUT2D eigenvalue weighted by Gasteiger charge is 2.28. The lowest BCUT2D eigenvalue weighted by Crippen LogP contribution is -2.27. The molecule has 6 heteroatoms. The van der Waals surface area contributed by atoms with E-state index >= 15 is 0 Å². The molecule has 1 fully saturated rings. The first-order chi connectivity index (χ1) is 8.26. The first-order valence-electron chi connectivity index (χ1n) is 5.58. The number of nitrogens with two attached hydrogens (primary N) is 1. The lowest BCUT2D eigenvalue weighted by molar-refractivity contribution is 0.0878. The van der Waals surface area contributed by atoms with Crippen LogP contribution in [0.1, 0.15) is 24.6 Å². The maximum atomic E-state index is 6.12. The Labute approximate surface area is 100 Å². The molecule has 1 aliphatic heterocycles. The summed E-state index contributed by atoms with van der Waals surface area (Å²) in [6, 6.07) is -0.314. The van der Waals surface area contributed by atoms with E-state index in [2.05, 4.69) is 9.97 Å². The van der Waals surface area contributed by atoms with Crippen molar-refractivity contribution < 1.29 is 14.2 Å². The van der Waals surface area contributed by atoms with Gasteiger partial charge in [0.2, 0.25) is 11.8 Å². The summed E-state index contributed by atoms with van der Waals surface area (Å²) in [6.45, 7) is 0.754. The maximum Gasteiger partial charge on any atom is 0.240 e. The molecule has 1 aromatic heterocycles. The summed E-state index contributed by atoms with van der Waals surface area (Å²) in [5.41, 5.74) is 6.73. The highest BCUT2D eigenvalue weighted by atomic mass is 16.5. The van der Waals surface area contributed by atoms with Gasteiger partial charge in [0.05, 0.1) is 32.6 Å². The number of aromatic nitrogens is 2. The minimum absolute atomic E-state index is 0.00778. The van der Waals surface area contributed by atoms with E-state index < -0.39 is 0 Å². The van der Waals surface area contributed by atoms with Gasteiger partial charge in [0, 0.05) is 6.61 Å². The van der Waals surface area contributed by atoms with E-state index in [1.807, 2.05) is 0 Å². The molecule has 0 bridgehead atoms. The third-order valence-electron chi connectivity index (χ3n) is 2.83. The number of nitrogens with zero attached hydrogens (tertiary/aromatic N) is 2. The number of rotatable bonds is 4. The first kappa shape index (κ1) is 12.1. The standard InChI is InChI=1S/C11H17N3O3/c1-15-8-6-13-10(11(14-8)16-2)9(12)7-4-3-5-17-7/h6-7,9H,3-5,12H2,1-2H3. The van der Waals surface area contributed by atoms with Gasteiger partial charge in [-0.2, -0.15) is 4.98 Å². The van der Waals surface area contributed by atoms with Gasteiger partial charge in [-0.05, 0) is 12.8 Å². The molecule has 1 saturated heterocycles. The summed E-state index contributed by atoms with van der Waals surface area (Å²) >= 11 is 0. The van der Waals surface area contributed by atoms with E-state index in [1.165, 1.54) is 20.4 Å². The van der Waals surface area contributed by atoms with Gasteiger partial charge in [-0.3, -0.25) is 0 Å². The highest BCUT2D eigenvalue weighted by molar-refractivity contribution is 5.26. The van der Waals surface area contributed by atoms with Crippen molar-refractivity contribution >= 4 is 0 Å². The highest BCUT2D eigenvalue weighted by Crippen LogP contribution is 2.29. The van der Waals surface area contributed by atoms with E-state index in [4.69, 9.17) is 19.9 Å². The molecule has 0 spiro atoms. The van der Waals surface area contributed by atoms with Gasteiger partial charge in [-0.1, -0.05) is 0 Å². The molecule has 2 unspecified atom stereocenters. The average Bonchev–Trinajstić information content (AvgIpc) is 2.91. The zero-order valence-corrected chi connectivity index (χ0v) is 10.0. The van der Waals surface area contributed by atoms with Crippen LogP contribution >= 0.6 is 0 Å². The molecule has 1 aromatic rings.